The SMILES string of the molecule is CCCN(CC(=O)N(C)C)c1cc(N)nc(C(C)C)n1. The molecule has 0 unspecified atom stereocenters. The van der Waals surface area contributed by atoms with Crippen molar-refractivity contribution < 1.29 is 4.79 Å². The molecular weight excluding hydrogens is 254 g/mol. The minimum Gasteiger partial charge on any atom is -0.384 e. The Bertz CT molecular complexity index is 459. The van der Waals surface area contributed by atoms with Crippen molar-refractivity contribution in [2.75, 3.05) is 37.8 Å². The predicted molar refractivity (Wildman–Crippen MR) is 81.7 cm³/mol. The Morgan fingerprint density at radius 2 is 2.00 bits per heavy atom. The second kappa shape index (κ2) is 7.07. The highest BCUT2D eigenvalue weighted by Crippen LogP contribution is 2.18. The molecule has 1 aromatic heterocycles. The summed E-state index contributed by atoms with van der Waals surface area (Å²) in [5.74, 6) is 2.11. The van der Waals surface area contributed by atoms with E-state index in [1.54, 1.807) is 25.1 Å². The van der Waals surface area contributed by atoms with E-state index in [0.717, 1.165) is 18.8 Å². The number of hydrogen-bond acceptors (Lipinski definition) is 5. The maximum absolute atomic E-state index is 11.9. The number of aromatic nitrogens is 2. The lowest BCUT2D eigenvalue weighted by molar-refractivity contribution is -0.127. The van der Waals surface area contributed by atoms with Gasteiger partial charge in [-0.25, -0.2) is 9.97 Å². The quantitative estimate of drug-likeness (QED) is 0.853. The van der Waals surface area contributed by atoms with Crippen molar-refractivity contribution in [3.8, 4) is 0 Å². The van der Waals surface area contributed by atoms with Gasteiger partial charge in [-0.2, -0.15) is 0 Å². The zero-order valence-electron chi connectivity index (χ0n) is 13.1. The lowest BCUT2D eigenvalue weighted by Gasteiger charge is -2.25. The number of nitrogens with two attached hydrogens (primary N) is 1. The molecule has 1 heterocycles. The molecule has 0 aliphatic heterocycles. The van der Waals surface area contributed by atoms with Gasteiger partial charge in [0.05, 0.1) is 6.54 Å². The molecule has 6 heteroatoms. The summed E-state index contributed by atoms with van der Waals surface area (Å²) in [4.78, 5) is 24.2. The van der Waals surface area contributed by atoms with Crippen LogP contribution in [0.15, 0.2) is 6.07 Å². The van der Waals surface area contributed by atoms with Gasteiger partial charge in [-0.3, -0.25) is 4.79 Å². The van der Waals surface area contributed by atoms with Crippen molar-refractivity contribution in [2.45, 2.75) is 33.1 Å². The van der Waals surface area contributed by atoms with Crippen LogP contribution in [0.1, 0.15) is 38.9 Å². The standard InChI is InChI=1S/C14H25N5O/c1-6-7-19(9-13(20)18(4)5)12-8-11(15)16-14(17-12)10(2)3/h8,10H,6-7,9H2,1-5H3,(H2,15,16,17). The number of carbonyl (C=O) groups excluding carboxylic acids is 1. The summed E-state index contributed by atoms with van der Waals surface area (Å²) < 4.78 is 0. The Balaban J connectivity index is 3.04. The van der Waals surface area contributed by atoms with E-state index in [9.17, 15) is 4.79 Å². The molecule has 20 heavy (non-hydrogen) atoms. The summed E-state index contributed by atoms with van der Waals surface area (Å²) in [5, 5.41) is 0. The minimum atomic E-state index is 0.0433. The fourth-order valence-electron chi connectivity index (χ4n) is 1.74. The van der Waals surface area contributed by atoms with Gasteiger partial charge in [0.2, 0.25) is 5.91 Å². The van der Waals surface area contributed by atoms with Crippen LogP contribution in [0.25, 0.3) is 0 Å². The Kier molecular flexibility index (Phi) is 5.73. The number of carbonyl (C=O) groups is 1. The Morgan fingerprint density at radius 1 is 1.35 bits per heavy atom. The number of likely N-dealkylation sites (N-methyl/N-ethyl adjacent to an activating group) is 1. The molecule has 112 valence electrons. The maximum atomic E-state index is 11.9. The summed E-state index contributed by atoms with van der Waals surface area (Å²) >= 11 is 0. The van der Waals surface area contributed by atoms with Gasteiger partial charge < -0.3 is 15.5 Å². The third kappa shape index (κ3) is 4.36. The first-order chi connectivity index (χ1) is 9.35. The topological polar surface area (TPSA) is 75.4 Å². The van der Waals surface area contributed by atoms with E-state index in [-0.39, 0.29) is 11.8 Å². The molecule has 0 radical (unpaired) electrons. The lowest BCUT2D eigenvalue weighted by atomic mass is 10.2. The number of nitrogens with zero attached hydrogens (tertiary/aromatic N) is 4. The second-order valence-corrected chi connectivity index (χ2v) is 5.37. The smallest absolute Gasteiger partial charge is 0.241 e. The van der Waals surface area contributed by atoms with E-state index in [2.05, 4.69) is 16.9 Å². The van der Waals surface area contributed by atoms with Gasteiger partial charge in [-0.1, -0.05) is 20.8 Å². The van der Waals surface area contributed by atoms with Gasteiger partial charge >= 0.3 is 0 Å². The van der Waals surface area contributed by atoms with Gasteiger partial charge in [0.25, 0.3) is 0 Å². The van der Waals surface area contributed by atoms with Crippen molar-refractivity contribution in [3.05, 3.63) is 11.9 Å². The molecular formula is C14H25N5O. The Hall–Kier alpha value is -1.85. The molecule has 0 spiro atoms. The lowest BCUT2D eigenvalue weighted by Crippen LogP contribution is -2.37. The van der Waals surface area contributed by atoms with Crippen LogP contribution in [0.5, 0.6) is 0 Å². The van der Waals surface area contributed by atoms with Crippen molar-refractivity contribution >= 4 is 17.5 Å². The Morgan fingerprint density at radius 3 is 2.50 bits per heavy atom. The number of hydrogen-bond donors (Lipinski definition) is 1. The van der Waals surface area contributed by atoms with Crippen LogP contribution in [-0.4, -0.2) is 48.0 Å². The van der Waals surface area contributed by atoms with Crippen molar-refractivity contribution in [1.29, 1.82) is 0 Å². The van der Waals surface area contributed by atoms with Crippen LogP contribution in [0.2, 0.25) is 0 Å². The van der Waals surface area contributed by atoms with E-state index in [0.29, 0.717) is 18.2 Å². The van der Waals surface area contributed by atoms with E-state index in [1.165, 1.54) is 0 Å². The first-order valence-electron chi connectivity index (χ1n) is 6.94. The average molecular weight is 279 g/mol. The van der Waals surface area contributed by atoms with E-state index in [1.807, 2.05) is 18.7 Å². The van der Waals surface area contributed by atoms with Crippen molar-refractivity contribution in [1.82, 2.24) is 14.9 Å². The fourth-order valence-corrected chi connectivity index (χ4v) is 1.74. The van der Waals surface area contributed by atoms with Gasteiger partial charge in [0.1, 0.15) is 17.5 Å². The molecule has 0 bridgehead atoms. The van der Waals surface area contributed by atoms with Crippen LogP contribution >= 0.6 is 0 Å². The van der Waals surface area contributed by atoms with Gasteiger partial charge in [-0.05, 0) is 6.42 Å². The van der Waals surface area contributed by atoms with Gasteiger partial charge in [0.15, 0.2) is 0 Å². The average Bonchev–Trinajstić information content (AvgIpc) is 2.37. The molecule has 6 nitrogen and oxygen atoms in total. The molecule has 0 saturated heterocycles. The van der Waals surface area contributed by atoms with Crippen LogP contribution in [0, 0.1) is 0 Å². The predicted octanol–water partition coefficient (Wildman–Crippen LogP) is 1.49. The van der Waals surface area contributed by atoms with E-state index in [4.69, 9.17) is 5.73 Å². The van der Waals surface area contributed by atoms with E-state index >= 15 is 0 Å². The highest BCUT2D eigenvalue weighted by atomic mass is 16.2. The molecule has 0 saturated carbocycles. The summed E-state index contributed by atoms with van der Waals surface area (Å²) in [7, 11) is 3.50. The molecule has 0 aliphatic carbocycles. The molecule has 2 N–H and O–H groups in total. The molecule has 1 amide bonds. The van der Waals surface area contributed by atoms with Crippen LogP contribution in [0.4, 0.5) is 11.6 Å². The highest BCUT2D eigenvalue weighted by Gasteiger charge is 2.16. The summed E-state index contributed by atoms with van der Waals surface area (Å²) in [6.45, 7) is 7.17. The van der Waals surface area contributed by atoms with Crippen LogP contribution < -0.4 is 10.6 Å². The zero-order chi connectivity index (χ0) is 15.3. The van der Waals surface area contributed by atoms with Crippen molar-refractivity contribution in [3.63, 3.8) is 0 Å². The number of anilines is 2. The molecule has 0 aliphatic rings. The number of nitrogen functional groups attached to an aromatic ring is 1. The fraction of sp³-hybridized carbons (Fsp3) is 0.643. The van der Waals surface area contributed by atoms with Crippen LogP contribution in [-0.2, 0) is 4.79 Å². The normalized spacial score (nSPS) is 10.7. The van der Waals surface area contributed by atoms with E-state index < -0.39 is 0 Å². The first-order valence-corrected chi connectivity index (χ1v) is 6.94. The monoisotopic (exact) mass is 279 g/mol. The summed E-state index contributed by atoms with van der Waals surface area (Å²) in [5.41, 5.74) is 5.85. The third-order valence-electron chi connectivity index (χ3n) is 2.91. The summed E-state index contributed by atoms with van der Waals surface area (Å²) in [6, 6.07) is 1.73. The Labute approximate surface area is 121 Å². The van der Waals surface area contributed by atoms with Crippen molar-refractivity contribution in [2.24, 2.45) is 0 Å². The first kappa shape index (κ1) is 16.2. The maximum Gasteiger partial charge on any atom is 0.241 e. The van der Waals surface area contributed by atoms with Gasteiger partial charge in [-0.15, -0.1) is 0 Å². The molecule has 0 aromatic carbocycles. The number of amides is 1. The molecule has 0 fully saturated rings. The molecule has 1 rings (SSSR count). The highest BCUT2D eigenvalue weighted by molar-refractivity contribution is 5.80. The number of rotatable bonds is 6. The van der Waals surface area contributed by atoms with Crippen LogP contribution in [0.3, 0.4) is 0 Å². The van der Waals surface area contributed by atoms with Gasteiger partial charge in [0, 0.05) is 32.6 Å². The second-order valence-electron chi connectivity index (χ2n) is 5.37. The molecule has 1 aromatic rings. The largest absolute Gasteiger partial charge is 0.384 e. The molecule has 0 atom stereocenters. The zero-order valence-corrected chi connectivity index (χ0v) is 13.1. The third-order valence-corrected chi connectivity index (χ3v) is 2.91. The summed E-state index contributed by atoms with van der Waals surface area (Å²) in [6.07, 6.45) is 0.932. The minimum absolute atomic E-state index is 0.0433.